The van der Waals surface area contributed by atoms with Crippen molar-refractivity contribution in [2.45, 2.75) is 100 Å². The van der Waals surface area contributed by atoms with E-state index in [4.69, 9.17) is 18.9 Å². The third kappa shape index (κ3) is 6.14. The minimum atomic E-state index is -2.27. The van der Waals surface area contributed by atoms with Gasteiger partial charge < -0.3 is 54.7 Å². The molecule has 12 heteroatoms. The van der Waals surface area contributed by atoms with E-state index in [2.05, 4.69) is 6.92 Å². The van der Waals surface area contributed by atoms with Gasteiger partial charge in [0.05, 0.1) is 13.2 Å². The van der Waals surface area contributed by atoms with Gasteiger partial charge in [-0.3, -0.25) is 4.79 Å². The standard InChI is InChI=1S/C20H36O12/c1-2-3-4-5-6-7-13(24)30-17-14(25)11(8-21)29-19(16(17)27)32-20(10-23)18(28)15(26)12(9-22)31-20/h11-12,14-19,21-23,25-28H,2-10H2,1H3/t11-,12-,14-,15-,16-,17+,18+,19-,20+/m1/s1. The van der Waals surface area contributed by atoms with Gasteiger partial charge in [-0.15, -0.1) is 0 Å². The summed E-state index contributed by atoms with van der Waals surface area (Å²) in [6, 6.07) is 0. The molecule has 0 bridgehead atoms. The first-order valence-electron chi connectivity index (χ1n) is 11.0. The van der Waals surface area contributed by atoms with Crippen molar-refractivity contribution < 1.29 is 59.5 Å². The van der Waals surface area contributed by atoms with E-state index in [9.17, 15) is 40.5 Å². The van der Waals surface area contributed by atoms with E-state index in [1.54, 1.807) is 0 Å². The Bertz CT molecular complexity index is 577. The number of esters is 1. The van der Waals surface area contributed by atoms with E-state index in [1.807, 2.05) is 0 Å². The molecule has 0 aromatic rings. The number of rotatable bonds is 12. The van der Waals surface area contributed by atoms with Crippen LogP contribution in [0.5, 0.6) is 0 Å². The highest BCUT2D eigenvalue weighted by Gasteiger charge is 2.58. The lowest BCUT2D eigenvalue weighted by molar-refractivity contribution is -0.383. The zero-order valence-electron chi connectivity index (χ0n) is 18.2. The predicted octanol–water partition coefficient (Wildman–Crippen LogP) is -2.48. The Labute approximate surface area is 186 Å². The zero-order valence-corrected chi connectivity index (χ0v) is 18.2. The Kier molecular flexibility index (Phi) is 10.7. The number of aliphatic hydroxyl groups excluding tert-OH is 7. The molecule has 2 heterocycles. The highest BCUT2D eigenvalue weighted by Crippen LogP contribution is 2.36. The third-order valence-electron chi connectivity index (χ3n) is 5.80. The Balaban J connectivity index is 2.07. The molecule has 9 atom stereocenters. The minimum Gasteiger partial charge on any atom is -0.456 e. The molecule has 7 N–H and O–H groups in total. The molecule has 0 amide bonds. The SMILES string of the molecule is CCCCCCCC(=O)O[C@@H]1[C@@H](O)[C@@H](O[C@]2(CO)O[C@H](CO)[C@@H](O)[C@@H]2O)O[C@H](CO)[C@H]1O. The van der Waals surface area contributed by atoms with E-state index in [1.165, 1.54) is 0 Å². The number of carbonyl (C=O) groups excluding carboxylic acids is 1. The van der Waals surface area contributed by atoms with Gasteiger partial charge in [0.2, 0.25) is 5.79 Å². The van der Waals surface area contributed by atoms with E-state index in [-0.39, 0.29) is 6.42 Å². The van der Waals surface area contributed by atoms with Gasteiger partial charge >= 0.3 is 5.97 Å². The molecule has 2 saturated heterocycles. The van der Waals surface area contributed by atoms with Crippen LogP contribution in [0.1, 0.15) is 45.4 Å². The highest BCUT2D eigenvalue weighted by atomic mass is 16.8. The first-order chi connectivity index (χ1) is 15.2. The fraction of sp³-hybridized carbons (Fsp3) is 0.950. The number of aliphatic hydroxyl groups is 7. The van der Waals surface area contributed by atoms with Gasteiger partial charge in [-0.1, -0.05) is 32.6 Å². The second-order valence-corrected chi connectivity index (χ2v) is 8.19. The summed E-state index contributed by atoms with van der Waals surface area (Å²) in [4.78, 5) is 12.2. The summed E-state index contributed by atoms with van der Waals surface area (Å²) in [5.74, 6) is -2.93. The van der Waals surface area contributed by atoms with E-state index in [0.29, 0.717) is 6.42 Å². The molecule has 0 unspecified atom stereocenters. The summed E-state index contributed by atoms with van der Waals surface area (Å²) in [6.07, 6.45) is -8.06. The first kappa shape index (κ1) is 27.3. The number of ether oxygens (including phenoxy) is 4. The lowest BCUT2D eigenvalue weighted by Gasteiger charge is -2.44. The van der Waals surface area contributed by atoms with Crippen LogP contribution < -0.4 is 0 Å². The van der Waals surface area contributed by atoms with Gasteiger partial charge in [0.1, 0.15) is 43.2 Å². The molecule has 0 aromatic heterocycles. The van der Waals surface area contributed by atoms with Crippen molar-refractivity contribution in [3.63, 3.8) is 0 Å². The summed E-state index contributed by atoms with van der Waals surface area (Å²) in [6.45, 7) is -0.313. The van der Waals surface area contributed by atoms with Crippen LogP contribution in [0.25, 0.3) is 0 Å². The fourth-order valence-corrected chi connectivity index (χ4v) is 3.84. The summed E-state index contributed by atoms with van der Waals surface area (Å²) in [5.41, 5.74) is 0. The van der Waals surface area contributed by atoms with Crippen LogP contribution in [-0.4, -0.2) is 116 Å². The van der Waals surface area contributed by atoms with Crippen LogP contribution in [0.4, 0.5) is 0 Å². The molecule has 0 saturated carbocycles. The first-order valence-corrected chi connectivity index (χ1v) is 11.0. The van der Waals surface area contributed by atoms with Crippen molar-refractivity contribution in [3.8, 4) is 0 Å². The van der Waals surface area contributed by atoms with Gasteiger partial charge in [-0.25, -0.2) is 0 Å². The summed E-state index contributed by atoms with van der Waals surface area (Å²) in [5, 5.41) is 69.9. The van der Waals surface area contributed by atoms with Crippen molar-refractivity contribution in [3.05, 3.63) is 0 Å². The van der Waals surface area contributed by atoms with Crippen molar-refractivity contribution in [2.24, 2.45) is 0 Å². The van der Waals surface area contributed by atoms with Gasteiger partial charge in [-0.2, -0.15) is 0 Å². The minimum absolute atomic E-state index is 0.0720. The molecule has 0 radical (unpaired) electrons. The molecule has 2 aliphatic rings. The van der Waals surface area contributed by atoms with Crippen molar-refractivity contribution in [1.82, 2.24) is 0 Å². The van der Waals surface area contributed by atoms with Gasteiger partial charge in [0, 0.05) is 6.42 Å². The molecule has 2 aliphatic heterocycles. The Hall–Kier alpha value is -0.930. The second kappa shape index (κ2) is 12.5. The number of carbonyl (C=O) groups is 1. The topological polar surface area (TPSA) is 196 Å². The van der Waals surface area contributed by atoms with Crippen LogP contribution in [-0.2, 0) is 23.7 Å². The smallest absolute Gasteiger partial charge is 0.306 e. The maximum atomic E-state index is 12.2. The predicted molar refractivity (Wildman–Crippen MR) is 106 cm³/mol. The van der Waals surface area contributed by atoms with Crippen LogP contribution in [0.3, 0.4) is 0 Å². The summed E-state index contributed by atoms with van der Waals surface area (Å²) < 4.78 is 21.3. The zero-order chi connectivity index (χ0) is 23.9. The highest BCUT2D eigenvalue weighted by molar-refractivity contribution is 5.69. The normalized spacial score (nSPS) is 39.9. The molecule has 188 valence electrons. The third-order valence-corrected chi connectivity index (χ3v) is 5.80. The molecule has 2 rings (SSSR count). The van der Waals surface area contributed by atoms with Crippen molar-refractivity contribution >= 4 is 5.97 Å². The molecule has 2 fully saturated rings. The second-order valence-electron chi connectivity index (χ2n) is 8.19. The van der Waals surface area contributed by atoms with Gasteiger partial charge in [0.25, 0.3) is 0 Å². The molecular formula is C20H36O12. The molecule has 0 aliphatic carbocycles. The average molecular weight is 468 g/mol. The van der Waals surface area contributed by atoms with Gasteiger partial charge in [0.15, 0.2) is 12.4 Å². The van der Waals surface area contributed by atoms with E-state index >= 15 is 0 Å². The van der Waals surface area contributed by atoms with Crippen LogP contribution in [0, 0.1) is 0 Å². The van der Waals surface area contributed by atoms with Crippen LogP contribution in [0.15, 0.2) is 0 Å². The fourth-order valence-electron chi connectivity index (χ4n) is 3.84. The maximum absolute atomic E-state index is 12.2. The molecule has 0 aromatic carbocycles. The average Bonchev–Trinajstić information content (AvgIpc) is 3.03. The van der Waals surface area contributed by atoms with Crippen molar-refractivity contribution in [2.75, 3.05) is 19.8 Å². The molecule has 32 heavy (non-hydrogen) atoms. The van der Waals surface area contributed by atoms with E-state index < -0.39 is 80.6 Å². The monoisotopic (exact) mass is 468 g/mol. The Morgan fingerprint density at radius 3 is 2.12 bits per heavy atom. The summed E-state index contributed by atoms with van der Waals surface area (Å²) >= 11 is 0. The molecule has 12 nitrogen and oxygen atoms in total. The Morgan fingerprint density at radius 2 is 1.56 bits per heavy atom. The van der Waals surface area contributed by atoms with Crippen LogP contribution >= 0.6 is 0 Å². The maximum Gasteiger partial charge on any atom is 0.306 e. The largest absolute Gasteiger partial charge is 0.456 e. The van der Waals surface area contributed by atoms with Crippen molar-refractivity contribution in [1.29, 1.82) is 0 Å². The van der Waals surface area contributed by atoms with Gasteiger partial charge in [-0.05, 0) is 6.42 Å². The quantitative estimate of drug-likeness (QED) is 0.118. The Morgan fingerprint density at radius 1 is 0.906 bits per heavy atom. The lowest BCUT2D eigenvalue weighted by atomic mass is 9.98. The lowest BCUT2D eigenvalue weighted by Crippen LogP contribution is -2.63. The number of hydrogen-bond acceptors (Lipinski definition) is 12. The molecule has 0 spiro atoms. The molecular weight excluding hydrogens is 432 g/mol. The summed E-state index contributed by atoms with van der Waals surface area (Å²) in [7, 11) is 0. The number of unbranched alkanes of at least 4 members (excludes halogenated alkanes) is 4. The van der Waals surface area contributed by atoms with E-state index in [0.717, 1.165) is 25.7 Å². The number of hydrogen-bond donors (Lipinski definition) is 7. The van der Waals surface area contributed by atoms with Crippen LogP contribution in [0.2, 0.25) is 0 Å².